The highest BCUT2D eigenvalue weighted by Crippen LogP contribution is 2.37. The van der Waals surface area contributed by atoms with E-state index < -0.39 is 17.8 Å². The molecule has 2 bridgehead atoms. The number of halogens is 4. The van der Waals surface area contributed by atoms with E-state index in [1.165, 1.54) is 13.3 Å². The van der Waals surface area contributed by atoms with Gasteiger partial charge in [0.15, 0.2) is 11.9 Å². The van der Waals surface area contributed by atoms with Crippen LogP contribution in [0, 0.1) is 5.21 Å². The summed E-state index contributed by atoms with van der Waals surface area (Å²) in [6.07, 6.45) is -0.116. The van der Waals surface area contributed by atoms with Crippen LogP contribution in [0.5, 0.6) is 0 Å². The summed E-state index contributed by atoms with van der Waals surface area (Å²) in [6.45, 7) is 0. The number of nitrogens with zero attached hydrogens (tertiary/aromatic N) is 3. The summed E-state index contributed by atoms with van der Waals surface area (Å²) in [6, 6.07) is 21.0. The molecule has 0 aliphatic carbocycles. The highest BCUT2D eigenvalue weighted by atomic mass is 35.5. The van der Waals surface area contributed by atoms with Crippen molar-refractivity contribution in [3.05, 3.63) is 118 Å². The third-order valence-electron chi connectivity index (χ3n) is 8.20. The van der Waals surface area contributed by atoms with Gasteiger partial charge in [-0.1, -0.05) is 48.4 Å². The summed E-state index contributed by atoms with van der Waals surface area (Å²) in [5, 5.41) is 23.6. The molecule has 0 fully saturated rings. The fourth-order valence-electron chi connectivity index (χ4n) is 5.86. The molecule has 1 atom stereocenters. The van der Waals surface area contributed by atoms with Crippen LogP contribution in [0.15, 0.2) is 91.4 Å². The van der Waals surface area contributed by atoms with E-state index in [-0.39, 0.29) is 18.2 Å². The number of anilines is 2. The first-order valence-corrected chi connectivity index (χ1v) is 15.4. The molecule has 0 spiro atoms. The van der Waals surface area contributed by atoms with Crippen LogP contribution in [0.2, 0.25) is 5.02 Å². The zero-order chi connectivity index (χ0) is 34.0. The second kappa shape index (κ2) is 13.4. The Kier molecular flexibility index (Phi) is 9.09. The molecule has 3 aromatic carbocycles. The first-order valence-electron chi connectivity index (χ1n) is 15.0. The number of ether oxygens (including phenoxy) is 1. The average Bonchev–Trinajstić information content (AvgIpc) is 3.56. The maximum atomic E-state index is 13.8. The molecule has 2 amide bonds. The highest BCUT2D eigenvalue weighted by molar-refractivity contribution is 6.31. The van der Waals surface area contributed by atoms with Crippen LogP contribution >= 0.6 is 11.6 Å². The Morgan fingerprint density at radius 1 is 1.06 bits per heavy atom. The predicted molar refractivity (Wildman–Crippen MR) is 175 cm³/mol. The van der Waals surface area contributed by atoms with E-state index in [0.717, 1.165) is 38.5 Å². The van der Waals surface area contributed by atoms with Crippen molar-refractivity contribution in [1.82, 2.24) is 9.78 Å². The fourth-order valence-corrected chi connectivity index (χ4v) is 6.03. The Balaban J connectivity index is 1.38. The SMILES string of the molecule is COC(=O)Nc1ccc2c(c1)NC(=O)CCCC[C@H](c1ccc(-c3cc(Cl)ccc3-n3cc(C(F)(F)F)cn3)c[n+]1[O-])c1cccc-2c1. The fraction of sp³-hybridized carbons (Fsp3) is 0.200. The van der Waals surface area contributed by atoms with Crippen LogP contribution in [0.3, 0.4) is 0 Å². The summed E-state index contributed by atoms with van der Waals surface area (Å²) >= 11 is 6.29. The van der Waals surface area contributed by atoms with Crippen LogP contribution in [-0.4, -0.2) is 28.9 Å². The summed E-state index contributed by atoms with van der Waals surface area (Å²) in [5.74, 6) is -0.512. The molecule has 0 unspecified atom stereocenters. The Hall–Kier alpha value is -5.36. The molecule has 5 aromatic rings. The molecule has 9 nitrogen and oxygen atoms in total. The molecular weight excluding hydrogens is 647 g/mol. The molecule has 1 aliphatic heterocycles. The molecule has 0 radical (unpaired) electrons. The molecule has 2 aromatic heterocycles. The highest BCUT2D eigenvalue weighted by Gasteiger charge is 2.32. The van der Waals surface area contributed by atoms with Crippen LogP contribution in [0.25, 0.3) is 27.9 Å². The van der Waals surface area contributed by atoms with Crippen molar-refractivity contribution in [2.24, 2.45) is 0 Å². The number of carbonyl (C=O) groups is 2. The standard InChI is InChI=1S/C35H29ClF3N5O4/c1-48-34(46)41-26-11-12-27-21-5-4-6-22(15-21)28(7-2-3-8-33(45)42-30(27)17-26)32-13-9-23(19-44(32)47)29-16-25(36)10-14-31(29)43-20-24(18-40-43)35(37,38)39/h4-6,9-20,28H,2-3,7-8H2,1H3,(H,41,46)(H,42,45)/t28-/m0/s1. The number of hydrogen-bond donors (Lipinski definition) is 2. The molecule has 1 aliphatic rings. The summed E-state index contributed by atoms with van der Waals surface area (Å²) in [4.78, 5) is 24.7. The van der Waals surface area contributed by atoms with Gasteiger partial charge in [0.25, 0.3) is 0 Å². The third-order valence-corrected chi connectivity index (χ3v) is 8.44. The number of hydrogen-bond acceptors (Lipinski definition) is 5. The van der Waals surface area contributed by atoms with Crippen molar-refractivity contribution in [2.45, 2.75) is 37.8 Å². The molecular formula is C35H29ClF3N5O4. The number of amides is 2. The first-order chi connectivity index (χ1) is 23.0. The minimum Gasteiger partial charge on any atom is -0.618 e. The minimum atomic E-state index is -4.56. The van der Waals surface area contributed by atoms with E-state index >= 15 is 0 Å². The number of carbonyl (C=O) groups excluding carboxylic acids is 2. The van der Waals surface area contributed by atoms with E-state index in [0.29, 0.717) is 58.2 Å². The van der Waals surface area contributed by atoms with Gasteiger partial charge in [-0.15, -0.1) is 0 Å². The number of alkyl halides is 3. The summed E-state index contributed by atoms with van der Waals surface area (Å²) in [7, 11) is 1.26. The van der Waals surface area contributed by atoms with Crippen molar-refractivity contribution in [3.63, 3.8) is 0 Å². The van der Waals surface area contributed by atoms with Gasteiger partial charge in [-0.3, -0.25) is 10.1 Å². The first kappa shape index (κ1) is 32.6. The lowest BCUT2D eigenvalue weighted by atomic mass is 9.87. The third kappa shape index (κ3) is 6.98. The van der Waals surface area contributed by atoms with Crippen molar-refractivity contribution in [1.29, 1.82) is 0 Å². The minimum absolute atomic E-state index is 0.181. The second-order valence-corrected chi connectivity index (χ2v) is 11.8. The van der Waals surface area contributed by atoms with Crippen LogP contribution in [0.4, 0.5) is 29.3 Å². The van der Waals surface area contributed by atoms with Crippen molar-refractivity contribution < 1.29 is 32.2 Å². The molecule has 0 saturated heterocycles. The monoisotopic (exact) mass is 675 g/mol. The molecule has 0 saturated carbocycles. The number of nitrogens with one attached hydrogen (secondary N) is 2. The molecule has 13 heteroatoms. The van der Waals surface area contributed by atoms with Gasteiger partial charge in [0.2, 0.25) is 5.91 Å². The Morgan fingerprint density at radius 3 is 2.65 bits per heavy atom. The van der Waals surface area contributed by atoms with Gasteiger partial charge in [-0.05, 0) is 60.4 Å². The molecule has 6 rings (SSSR count). The van der Waals surface area contributed by atoms with Crippen molar-refractivity contribution in [2.75, 3.05) is 17.7 Å². The van der Waals surface area contributed by atoms with E-state index in [1.807, 2.05) is 24.3 Å². The second-order valence-electron chi connectivity index (χ2n) is 11.4. The quantitative estimate of drug-likeness (QED) is 0.147. The van der Waals surface area contributed by atoms with Crippen molar-refractivity contribution >= 4 is 35.0 Å². The smallest absolute Gasteiger partial charge is 0.419 e. The van der Waals surface area contributed by atoms with Gasteiger partial charge < -0.3 is 15.3 Å². The lowest BCUT2D eigenvalue weighted by Gasteiger charge is -2.21. The van der Waals surface area contributed by atoms with Gasteiger partial charge in [-0.2, -0.15) is 23.0 Å². The largest absolute Gasteiger partial charge is 0.618 e. The zero-order valence-corrected chi connectivity index (χ0v) is 26.3. The lowest BCUT2D eigenvalue weighted by Crippen LogP contribution is -2.33. The maximum absolute atomic E-state index is 13.8. The number of methoxy groups -OCH3 is 1. The van der Waals surface area contributed by atoms with Gasteiger partial charge in [-0.25, -0.2) is 9.48 Å². The number of aromatic nitrogens is 3. The van der Waals surface area contributed by atoms with Crippen LogP contribution in [-0.2, 0) is 15.7 Å². The summed E-state index contributed by atoms with van der Waals surface area (Å²) < 4.78 is 46.5. The number of rotatable bonds is 4. The normalized spacial score (nSPS) is 15.0. The van der Waals surface area contributed by atoms with Gasteiger partial charge in [0.05, 0.1) is 36.2 Å². The molecule has 3 heterocycles. The Bertz CT molecular complexity index is 2010. The van der Waals surface area contributed by atoms with Crippen LogP contribution in [0.1, 0.15) is 48.4 Å². The van der Waals surface area contributed by atoms with Gasteiger partial charge >= 0.3 is 12.3 Å². The van der Waals surface area contributed by atoms with E-state index in [1.54, 1.807) is 48.5 Å². The van der Waals surface area contributed by atoms with Gasteiger partial charge in [0.1, 0.15) is 0 Å². The molecule has 48 heavy (non-hydrogen) atoms. The Labute approximate surface area is 278 Å². The summed E-state index contributed by atoms with van der Waals surface area (Å²) in [5.41, 5.74) is 4.15. The van der Waals surface area contributed by atoms with E-state index in [9.17, 15) is 28.0 Å². The Morgan fingerprint density at radius 2 is 1.90 bits per heavy atom. The number of fused-ring (bicyclic) bond motifs is 4. The lowest BCUT2D eigenvalue weighted by molar-refractivity contribution is -0.614. The number of pyridine rings is 1. The van der Waals surface area contributed by atoms with Crippen LogP contribution < -0.4 is 15.4 Å². The zero-order valence-electron chi connectivity index (χ0n) is 25.6. The molecule has 246 valence electrons. The topological polar surface area (TPSA) is 112 Å². The maximum Gasteiger partial charge on any atom is 0.419 e. The van der Waals surface area contributed by atoms with Gasteiger partial charge in [0, 0.05) is 46.1 Å². The average molecular weight is 676 g/mol. The van der Waals surface area contributed by atoms with E-state index in [2.05, 4.69) is 15.7 Å². The van der Waals surface area contributed by atoms with E-state index in [4.69, 9.17) is 16.3 Å². The number of benzene rings is 3. The predicted octanol–water partition coefficient (Wildman–Crippen LogP) is 8.33. The molecule has 2 N–H and O–H groups in total. The van der Waals surface area contributed by atoms with Crippen molar-refractivity contribution in [3.8, 4) is 27.9 Å².